The van der Waals surface area contributed by atoms with Crippen molar-refractivity contribution in [1.29, 1.82) is 0 Å². The molecule has 170 valence electrons. The van der Waals surface area contributed by atoms with E-state index in [-0.39, 0.29) is 23.1 Å². The second kappa shape index (κ2) is 9.53. The van der Waals surface area contributed by atoms with Gasteiger partial charge in [0.05, 0.1) is 5.69 Å². The number of amides is 1. The molecule has 0 bridgehead atoms. The number of carbonyl (C=O) groups excluding carboxylic acids is 2. The number of hydrogen-bond donors (Lipinski definition) is 3. The number of H-pyrrole nitrogens is 1. The molecule has 0 saturated carbocycles. The SMILES string of the molecule is CCc1c(-c2csc(N3CCNCC3C(=O)NCC(C)(C)CC)n2)[nH]c(C)c1C(C)=O. The molecule has 1 unspecified atom stereocenters. The highest BCUT2D eigenvalue weighted by Crippen LogP contribution is 2.33. The van der Waals surface area contributed by atoms with Crippen molar-refractivity contribution in [2.24, 2.45) is 5.41 Å². The molecule has 1 atom stereocenters. The molecule has 0 spiro atoms. The molecule has 3 heterocycles. The predicted octanol–water partition coefficient (Wildman–Crippen LogP) is 3.54. The van der Waals surface area contributed by atoms with E-state index in [0.29, 0.717) is 13.1 Å². The maximum Gasteiger partial charge on any atom is 0.244 e. The number of Topliss-reactive ketones (excluding diaryl/α,β-unsaturated/α-hetero) is 1. The van der Waals surface area contributed by atoms with Crippen LogP contribution in [0.15, 0.2) is 5.38 Å². The van der Waals surface area contributed by atoms with Gasteiger partial charge in [-0.1, -0.05) is 27.7 Å². The van der Waals surface area contributed by atoms with Crippen LogP contribution in [0.1, 0.15) is 62.7 Å². The molecule has 0 radical (unpaired) electrons. The van der Waals surface area contributed by atoms with Crippen molar-refractivity contribution in [3.05, 3.63) is 22.2 Å². The minimum atomic E-state index is -0.288. The largest absolute Gasteiger partial charge is 0.356 e. The highest BCUT2D eigenvalue weighted by atomic mass is 32.1. The Balaban J connectivity index is 1.84. The minimum absolute atomic E-state index is 0.0364. The van der Waals surface area contributed by atoms with Gasteiger partial charge in [-0.05, 0) is 37.7 Å². The van der Waals surface area contributed by atoms with Gasteiger partial charge in [0.25, 0.3) is 0 Å². The molecular weight excluding hydrogens is 410 g/mol. The molecule has 7 nitrogen and oxygen atoms in total. The van der Waals surface area contributed by atoms with E-state index in [9.17, 15) is 9.59 Å². The fourth-order valence-electron chi connectivity index (χ4n) is 3.97. The summed E-state index contributed by atoms with van der Waals surface area (Å²) in [5.74, 6) is 0.107. The average molecular weight is 446 g/mol. The zero-order chi connectivity index (χ0) is 22.8. The van der Waals surface area contributed by atoms with Crippen molar-refractivity contribution >= 4 is 28.2 Å². The number of nitrogens with zero attached hydrogens (tertiary/aromatic N) is 2. The normalized spacial score (nSPS) is 17.1. The van der Waals surface area contributed by atoms with Crippen molar-refractivity contribution in [2.75, 3.05) is 31.1 Å². The standard InChI is InChI=1S/C23H35N5O2S/c1-7-16-19(15(4)29)14(3)26-20(16)17-12-31-22(27-17)28-10-9-24-11-18(28)21(30)25-13-23(5,6)8-2/h12,18,24,26H,7-11,13H2,1-6H3,(H,25,30). The molecule has 1 aliphatic heterocycles. The highest BCUT2D eigenvalue weighted by molar-refractivity contribution is 7.14. The van der Waals surface area contributed by atoms with Crippen LogP contribution in [0.4, 0.5) is 5.13 Å². The van der Waals surface area contributed by atoms with Gasteiger partial charge in [0.2, 0.25) is 5.91 Å². The number of nitrogens with one attached hydrogen (secondary N) is 3. The van der Waals surface area contributed by atoms with Gasteiger partial charge >= 0.3 is 0 Å². The smallest absolute Gasteiger partial charge is 0.244 e. The number of aryl methyl sites for hydroxylation is 1. The molecule has 3 rings (SSSR count). The molecule has 0 aromatic carbocycles. The zero-order valence-corrected chi connectivity index (χ0v) is 20.3. The first-order chi connectivity index (χ1) is 14.7. The Hall–Kier alpha value is -2.19. The lowest BCUT2D eigenvalue weighted by molar-refractivity contribution is -0.123. The van der Waals surface area contributed by atoms with E-state index in [1.165, 1.54) is 0 Å². The Morgan fingerprint density at radius 2 is 2.10 bits per heavy atom. The summed E-state index contributed by atoms with van der Waals surface area (Å²) in [6, 6.07) is -0.288. The second-order valence-corrected chi connectivity index (χ2v) is 9.89. The lowest BCUT2D eigenvalue weighted by Gasteiger charge is -2.35. The molecular formula is C23H35N5O2S. The summed E-state index contributed by atoms with van der Waals surface area (Å²) in [5.41, 5.74) is 4.48. The van der Waals surface area contributed by atoms with E-state index < -0.39 is 0 Å². The number of rotatable bonds is 8. The lowest BCUT2D eigenvalue weighted by Crippen LogP contribution is -2.58. The minimum Gasteiger partial charge on any atom is -0.356 e. The van der Waals surface area contributed by atoms with E-state index in [4.69, 9.17) is 4.98 Å². The third kappa shape index (κ3) is 5.01. The number of hydrogen-bond acceptors (Lipinski definition) is 6. The number of anilines is 1. The molecule has 1 saturated heterocycles. The van der Waals surface area contributed by atoms with Gasteiger partial charge in [0, 0.05) is 42.8 Å². The number of aromatic amines is 1. The van der Waals surface area contributed by atoms with Crippen LogP contribution in [0, 0.1) is 12.3 Å². The number of ketones is 1. The molecule has 1 amide bonds. The van der Waals surface area contributed by atoms with Gasteiger partial charge in [-0.3, -0.25) is 9.59 Å². The fourth-order valence-corrected chi connectivity index (χ4v) is 4.87. The third-order valence-corrected chi connectivity index (χ3v) is 7.11. The van der Waals surface area contributed by atoms with Crippen LogP contribution in [-0.2, 0) is 11.2 Å². The Kier molecular flexibility index (Phi) is 7.21. The van der Waals surface area contributed by atoms with E-state index in [2.05, 4.69) is 48.2 Å². The average Bonchev–Trinajstić information content (AvgIpc) is 3.36. The summed E-state index contributed by atoms with van der Waals surface area (Å²) in [5, 5.41) is 9.33. The highest BCUT2D eigenvalue weighted by Gasteiger charge is 2.32. The van der Waals surface area contributed by atoms with Crippen molar-refractivity contribution in [3.63, 3.8) is 0 Å². The molecule has 1 aliphatic rings. The Bertz CT molecular complexity index is 946. The molecule has 1 fully saturated rings. The first-order valence-electron chi connectivity index (χ1n) is 11.1. The summed E-state index contributed by atoms with van der Waals surface area (Å²) < 4.78 is 0. The maximum atomic E-state index is 13.0. The fraction of sp³-hybridized carbons (Fsp3) is 0.609. The van der Waals surface area contributed by atoms with Gasteiger partial charge in [0.15, 0.2) is 10.9 Å². The van der Waals surface area contributed by atoms with Gasteiger partial charge in [0.1, 0.15) is 11.7 Å². The first kappa shape index (κ1) is 23.5. The summed E-state index contributed by atoms with van der Waals surface area (Å²) in [4.78, 5) is 35.5. The van der Waals surface area contributed by atoms with Crippen LogP contribution < -0.4 is 15.5 Å². The van der Waals surface area contributed by atoms with E-state index in [0.717, 1.165) is 59.3 Å². The van der Waals surface area contributed by atoms with Crippen LogP contribution >= 0.6 is 11.3 Å². The summed E-state index contributed by atoms with van der Waals surface area (Å²) >= 11 is 1.55. The second-order valence-electron chi connectivity index (χ2n) is 9.05. The summed E-state index contributed by atoms with van der Waals surface area (Å²) in [6.07, 6.45) is 1.76. The summed E-state index contributed by atoms with van der Waals surface area (Å²) in [7, 11) is 0. The van der Waals surface area contributed by atoms with E-state index >= 15 is 0 Å². The van der Waals surface area contributed by atoms with Crippen LogP contribution in [-0.4, -0.2) is 53.9 Å². The third-order valence-electron chi connectivity index (χ3n) is 6.23. The molecule has 3 N–H and O–H groups in total. The monoisotopic (exact) mass is 445 g/mol. The van der Waals surface area contributed by atoms with Gasteiger partial charge in [-0.25, -0.2) is 4.98 Å². The zero-order valence-electron chi connectivity index (χ0n) is 19.5. The molecule has 0 aliphatic carbocycles. The Morgan fingerprint density at radius 3 is 2.74 bits per heavy atom. The molecule has 31 heavy (non-hydrogen) atoms. The van der Waals surface area contributed by atoms with Gasteiger partial charge in [-0.15, -0.1) is 11.3 Å². The number of carbonyl (C=O) groups is 2. The first-order valence-corrected chi connectivity index (χ1v) is 12.0. The summed E-state index contributed by atoms with van der Waals surface area (Å²) in [6.45, 7) is 14.9. The van der Waals surface area contributed by atoms with Crippen LogP contribution in [0.2, 0.25) is 0 Å². The maximum absolute atomic E-state index is 13.0. The van der Waals surface area contributed by atoms with Crippen LogP contribution in [0.3, 0.4) is 0 Å². The van der Waals surface area contributed by atoms with E-state index in [1.807, 2.05) is 12.3 Å². The topological polar surface area (TPSA) is 90.1 Å². The van der Waals surface area contributed by atoms with E-state index in [1.54, 1.807) is 18.3 Å². The number of aromatic nitrogens is 2. The quantitative estimate of drug-likeness (QED) is 0.541. The van der Waals surface area contributed by atoms with Crippen LogP contribution in [0.25, 0.3) is 11.4 Å². The number of thiazole rings is 1. The van der Waals surface area contributed by atoms with Crippen molar-refractivity contribution < 1.29 is 9.59 Å². The Labute approximate surface area is 189 Å². The Morgan fingerprint density at radius 1 is 1.35 bits per heavy atom. The van der Waals surface area contributed by atoms with Crippen molar-refractivity contribution in [3.8, 4) is 11.4 Å². The van der Waals surface area contributed by atoms with Gasteiger partial charge in [-0.2, -0.15) is 0 Å². The van der Waals surface area contributed by atoms with Crippen molar-refractivity contribution in [1.82, 2.24) is 20.6 Å². The molecule has 8 heteroatoms. The lowest BCUT2D eigenvalue weighted by atomic mass is 9.90. The van der Waals surface area contributed by atoms with Gasteiger partial charge < -0.3 is 20.5 Å². The number of piperazine rings is 1. The molecule has 2 aromatic rings. The molecule has 2 aromatic heterocycles. The van der Waals surface area contributed by atoms with Crippen LogP contribution in [0.5, 0.6) is 0 Å². The van der Waals surface area contributed by atoms with Crippen molar-refractivity contribution in [2.45, 2.75) is 60.4 Å². The predicted molar refractivity (Wildman–Crippen MR) is 127 cm³/mol.